The number of hydrogen-bond acceptors (Lipinski definition) is 1. The SMILES string of the molecule is CCC(C)CNC1CCC(C)(C)CC1. The molecule has 0 aromatic carbocycles. The Morgan fingerprint density at radius 2 is 1.86 bits per heavy atom. The van der Waals surface area contributed by atoms with E-state index >= 15 is 0 Å². The Kier molecular flexibility index (Phi) is 4.43. The molecule has 1 unspecified atom stereocenters. The van der Waals surface area contributed by atoms with Crippen LogP contribution in [-0.4, -0.2) is 12.6 Å². The second kappa shape index (κ2) is 5.16. The lowest BCUT2D eigenvalue weighted by molar-refractivity contribution is 0.203. The van der Waals surface area contributed by atoms with Crippen LogP contribution >= 0.6 is 0 Å². The average Bonchev–Trinajstić information content (AvgIpc) is 2.16. The highest BCUT2D eigenvalue weighted by atomic mass is 14.9. The van der Waals surface area contributed by atoms with Crippen molar-refractivity contribution in [3.63, 3.8) is 0 Å². The molecule has 0 spiro atoms. The molecule has 1 N–H and O–H groups in total. The van der Waals surface area contributed by atoms with Crippen molar-refractivity contribution in [3.05, 3.63) is 0 Å². The van der Waals surface area contributed by atoms with Crippen LogP contribution in [0.2, 0.25) is 0 Å². The van der Waals surface area contributed by atoms with Crippen molar-refractivity contribution in [1.82, 2.24) is 5.32 Å². The first-order valence-corrected chi connectivity index (χ1v) is 6.27. The minimum Gasteiger partial charge on any atom is -0.314 e. The monoisotopic (exact) mass is 197 g/mol. The van der Waals surface area contributed by atoms with E-state index < -0.39 is 0 Å². The molecule has 1 rings (SSSR count). The Labute approximate surface area is 89.7 Å². The molecule has 0 bridgehead atoms. The van der Waals surface area contributed by atoms with Crippen LogP contribution in [0.4, 0.5) is 0 Å². The van der Waals surface area contributed by atoms with E-state index in [9.17, 15) is 0 Å². The van der Waals surface area contributed by atoms with Gasteiger partial charge < -0.3 is 5.32 Å². The Hall–Kier alpha value is -0.0400. The summed E-state index contributed by atoms with van der Waals surface area (Å²) in [7, 11) is 0. The quantitative estimate of drug-likeness (QED) is 0.726. The Bertz CT molecular complexity index is 153. The van der Waals surface area contributed by atoms with Crippen molar-refractivity contribution in [2.45, 2.75) is 65.8 Å². The molecular weight excluding hydrogens is 170 g/mol. The molecule has 0 aromatic rings. The van der Waals surface area contributed by atoms with Crippen LogP contribution in [0, 0.1) is 11.3 Å². The molecule has 1 atom stereocenters. The molecule has 0 aromatic heterocycles. The van der Waals surface area contributed by atoms with E-state index in [1.807, 2.05) is 0 Å². The van der Waals surface area contributed by atoms with Crippen molar-refractivity contribution in [2.24, 2.45) is 11.3 Å². The molecule has 0 amide bonds. The third-order valence-corrected chi connectivity index (χ3v) is 3.79. The third kappa shape index (κ3) is 4.00. The average molecular weight is 197 g/mol. The molecule has 1 aliphatic rings. The molecule has 1 aliphatic carbocycles. The van der Waals surface area contributed by atoms with Crippen molar-refractivity contribution in [2.75, 3.05) is 6.54 Å². The van der Waals surface area contributed by atoms with Gasteiger partial charge in [-0.25, -0.2) is 0 Å². The Balaban J connectivity index is 2.16. The molecule has 14 heavy (non-hydrogen) atoms. The zero-order valence-electron chi connectivity index (χ0n) is 10.4. The fourth-order valence-electron chi connectivity index (χ4n) is 2.12. The highest BCUT2D eigenvalue weighted by molar-refractivity contribution is 4.82. The molecule has 0 heterocycles. The lowest BCUT2D eigenvalue weighted by atomic mass is 9.75. The fourth-order valence-corrected chi connectivity index (χ4v) is 2.12. The zero-order valence-corrected chi connectivity index (χ0v) is 10.4. The van der Waals surface area contributed by atoms with Crippen LogP contribution in [-0.2, 0) is 0 Å². The lowest BCUT2D eigenvalue weighted by Crippen LogP contribution is -2.37. The second-order valence-electron chi connectivity index (χ2n) is 5.86. The zero-order chi connectivity index (χ0) is 10.6. The van der Waals surface area contributed by atoms with Gasteiger partial charge in [-0.3, -0.25) is 0 Å². The van der Waals surface area contributed by atoms with Gasteiger partial charge in [-0.15, -0.1) is 0 Å². The minimum atomic E-state index is 0.606. The topological polar surface area (TPSA) is 12.0 Å². The van der Waals surface area contributed by atoms with E-state index in [0.717, 1.165) is 12.0 Å². The summed E-state index contributed by atoms with van der Waals surface area (Å²) < 4.78 is 0. The summed E-state index contributed by atoms with van der Waals surface area (Å²) in [6.07, 6.45) is 6.84. The first kappa shape index (κ1) is 12.0. The van der Waals surface area contributed by atoms with Crippen LogP contribution < -0.4 is 5.32 Å². The lowest BCUT2D eigenvalue weighted by Gasteiger charge is -2.35. The van der Waals surface area contributed by atoms with Crippen LogP contribution in [0.1, 0.15) is 59.8 Å². The van der Waals surface area contributed by atoms with Gasteiger partial charge >= 0.3 is 0 Å². The summed E-state index contributed by atoms with van der Waals surface area (Å²) in [4.78, 5) is 0. The highest BCUT2D eigenvalue weighted by Gasteiger charge is 2.26. The van der Waals surface area contributed by atoms with Gasteiger partial charge in [0.15, 0.2) is 0 Å². The molecule has 1 nitrogen and oxygen atoms in total. The third-order valence-electron chi connectivity index (χ3n) is 3.79. The summed E-state index contributed by atoms with van der Waals surface area (Å²) in [6.45, 7) is 10.6. The van der Waals surface area contributed by atoms with Gasteiger partial charge in [-0.1, -0.05) is 34.1 Å². The Morgan fingerprint density at radius 1 is 1.29 bits per heavy atom. The van der Waals surface area contributed by atoms with Gasteiger partial charge in [0.1, 0.15) is 0 Å². The normalized spacial score (nSPS) is 24.9. The summed E-state index contributed by atoms with van der Waals surface area (Å²) in [6, 6.07) is 0.803. The van der Waals surface area contributed by atoms with Crippen molar-refractivity contribution >= 4 is 0 Å². The second-order valence-corrected chi connectivity index (χ2v) is 5.86. The maximum absolute atomic E-state index is 3.71. The van der Waals surface area contributed by atoms with Gasteiger partial charge in [0.05, 0.1) is 0 Å². The van der Waals surface area contributed by atoms with Gasteiger partial charge in [0.25, 0.3) is 0 Å². The number of hydrogen-bond donors (Lipinski definition) is 1. The fraction of sp³-hybridized carbons (Fsp3) is 1.00. The molecule has 1 heteroatoms. The van der Waals surface area contributed by atoms with Crippen molar-refractivity contribution < 1.29 is 0 Å². The predicted octanol–water partition coefficient (Wildman–Crippen LogP) is 3.59. The van der Waals surface area contributed by atoms with E-state index in [4.69, 9.17) is 0 Å². The standard InChI is InChI=1S/C13H27N/c1-5-11(2)10-14-12-6-8-13(3,4)9-7-12/h11-12,14H,5-10H2,1-4H3. The van der Waals surface area contributed by atoms with Gasteiger partial charge in [0, 0.05) is 6.04 Å². The van der Waals surface area contributed by atoms with E-state index in [2.05, 4.69) is 33.0 Å². The molecule has 1 fully saturated rings. The van der Waals surface area contributed by atoms with Crippen molar-refractivity contribution in [1.29, 1.82) is 0 Å². The summed E-state index contributed by atoms with van der Waals surface area (Å²) in [5.41, 5.74) is 0.606. The molecule has 1 saturated carbocycles. The summed E-state index contributed by atoms with van der Waals surface area (Å²) in [5.74, 6) is 0.838. The molecule has 84 valence electrons. The van der Waals surface area contributed by atoms with Crippen LogP contribution in [0.25, 0.3) is 0 Å². The number of nitrogens with one attached hydrogen (secondary N) is 1. The Morgan fingerprint density at radius 3 is 2.36 bits per heavy atom. The maximum atomic E-state index is 3.71. The first-order valence-electron chi connectivity index (χ1n) is 6.27. The van der Waals surface area contributed by atoms with E-state index in [1.165, 1.54) is 38.6 Å². The van der Waals surface area contributed by atoms with Gasteiger partial charge in [-0.2, -0.15) is 0 Å². The molecule has 0 radical (unpaired) electrons. The van der Waals surface area contributed by atoms with Crippen molar-refractivity contribution in [3.8, 4) is 0 Å². The smallest absolute Gasteiger partial charge is 0.00675 e. The highest BCUT2D eigenvalue weighted by Crippen LogP contribution is 2.34. The van der Waals surface area contributed by atoms with E-state index in [-0.39, 0.29) is 0 Å². The summed E-state index contributed by atoms with van der Waals surface area (Å²) >= 11 is 0. The maximum Gasteiger partial charge on any atom is 0.00675 e. The predicted molar refractivity (Wildman–Crippen MR) is 63.5 cm³/mol. The number of rotatable bonds is 4. The molecule has 0 aliphatic heterocycles. The minimum absolute atomic E-state index is 0.606. The first-order chi connectivity index (χ1) is 6.53. The van der Waals surface area contributed by atoms with Crippen LogP contribution in [0.3, 0.4) is 0 Å². The van der Waals surface area contributed by atoms with Gasteiger partial charge in [-0.05, 0) is 43.6 Å². The largest absolute Gasteiger partial charge is 0.314 e. The van der Waals surface area contributed by atoms with E-state index in [1.54, 1.807) is 0 Å². The van der Waals surface area contributed by atoms with E-state index in [0.29, 0.717) is 5.41 Å². The van der Waals surface area contributed by atoms with Gasteiger partial charge in [0.2, 0.25) is 0 Å². The van der Waals surface area contributed by atoms with Crippen LogP contribution in [0.5, 0.6) is 0 Å². The van der Waals surface area contributed by atoms with Crippen LogP contribution in [0.15, 0.2) is 0 Å². The molecule has 0 saturated heterocycles. The summed E-state index contributed by atoms with van der Waals surface area (Å²) in [5, 5.41) is 3.71. The molecular formula is C13H27N.